The zero-order valence-corrected chi connectivity index (χ0v) is 11.5. The Kier molecular flexibility index (Phi) is 3.87. The molecule has 0 saturated heterocycles. The number of amides is 1. The number of anilines is 2. The highest BCUT2D eigenvalue weighted by molar-refractivity contribution is 6.34. The summed E-state index contributed by atoms with van der Waals surface area (Å²) in [7, 11) is 0. The second-order valence-electron chi connectivity index (χ2n) is 3.91. The SMILES string of the molecule is Cc1cnc(Cl)c(NC(=O)c2cc(N)cnc2Cl)c1. The number of nitrogens with one attached hydrogen (secondary N) is 1. The molecular formula is C12H10Cl2N4O. The number of nitrogens with zero attached hydrogens (tertiary/aromatic N) is 2. The maximum absolute atomic E-state index is 12.1. The molecule has 2 aromatic heterocycles. The van der Waals surface area contributed by atoms with Crippen molar-refractivity contribution in [2.45, 2.75) is 6.92 Å². The van der Waals surface area contributed by atoms with Crippen molar-refractivity contribution in [1.29, 1.82) is 0 Å². The number of nitrogen functional groups attached to an aromatic ring is 1. The highest BCUT2D eigenvalue weighted by Crippen LogP contribution is 2.22. The number of rotatable bonds is 2. The van der Waals surface area contributed by atoms with Crippen LogP contribution in [0.4, 0.5) is 11.4 Å². The van der Waals surface area contributed by atoms with Gasteiger partial charge in [-0.2, -0.15) is 0 Å². The van der Waals surface area contributed by atoms with E-state index >= 15 is 0 Å². The van der Waals surface area contributed by atoms with Gasteiger partial charge in [-0.3, -0.25) is 4.79 Å². The molecular weight excluding hydrogens is 287 g/mol. The van der Waals surface area contributed by atoms with E-state index in [0.717, 1.165) is 5.56 Å². The van der Waals surface area contributed by atoms with E-state index in [1.165, 1.54) is 12.3 Å². The fraction of sp³-hybridized carbons (Fsp3) is 0.0833. The first-order valence-electron chi connectivity index (χ1n) is 5.32. The lowest BCUT2D eigenvalue weighted by atomic mass is 10.2. The van der Waals surface area contributed by atoms with Crippen molar-refractivity contribution < 1.29 is 4.79 Å². The minimum Gasteiger partial charge on any atom is -0.397 e. The summed E-state index contributed by atoms with van der Waals surface area (Å²) in [5, 5.41) is 2.90. The molecule has 3 N–H and O–H groups in total. The van der Waals surface area contributed by atoms with Crippen molar-refractivity contribution in [2.75, 3.05) is 11.1 Å². The standard InChI is InChI=1S/C12H10Cl2N4O/c1-6-2-9(11(14)16-4-6)18-12(19)8-3-7(15)5-17-10(8)13/h2-5H,15H2,1H3,(H,18,19). The van der Waals surface area contributed by atoms with Crippen LogP contribution in [0.15, 0.2) is 24.5 Å². The molecule has 0 aliphatic carbocycles. The molecule has 98 valence electrons. The van der Waals surface area contributed by atoms with E-state index in [1.807, 2.05) is 6.92 Å². The fourth-order valence-corrected chi connectivity index (χ4v) is 1.79. The fourth-order valence-electron chi connectivity index (χ4n) is 1.45. The lowest BCUT2D eigenvalue weighted by Crippen LogP contribution is -2.14. The maximum Gasteiger partial charge on any atom is 0.258 e. The Morgan fingerprint density at radius 1 is 1.21 bits per heavy atom. The molecule has 2 heterocycles. The second-order valence-corrected chi connectivity index (χ2v) is 4.63. The van der Waals surface area contributed by atoms with E-state index in [4.69, 9.17) is 28.9 Å². The van der Waals surface area contributed by atoms with Gasteiger partial charge in [0.25, 0.3) is 5.91 Å². The van der Waals surface area contributed by atoms with Crippen LogP contribution >= 0.6 is 23.2 Å². The van der Waals surface area contributed by atoms with Gasteiger partial charge in [0.05, 0.1) is 23.1 Å². The predicted octanol–water partition coefficient (Wildman–Crippen LogP) is 2.93. The Bertz CT molecular complexity index is 646. The van der Waals surface area contributed by atoms with Crippen molar-refractivity contribution >= 4 is 40.5 Å². The lowest BCUT2D eigenvalue weighted by molar-refractivity contribution is 0.102. The number of carbonyl (C=O) groups excluding carboxylic acids is 1. The molecule has 19 heavy (non-hydrogen) atoms. The molecule has 2 aromatic rings. The number of nitrogens with two attached hydrogens (primary N) is 1. The Morgan fingerprint density at radius 3 is 2.63 bits per heavy atom. The molecule has 0 atom stereocenters. The lowest BCUT2D eigenvalue weighted by Gasteiger charge is -2.08. The van der Waals surface area contributed by atoms with Crippen LogP contribution in [-0.4, -0.2) is 15.9 Å². The number of halogens is 2. The van der Waals surface area contributed by atoms with E-state index in [0.29, 0.717) is 11.4 Å². The molecule has 2 rings (SSSR count). The van der Waals surface area contributed by atoms with Crippen molar-refractivity contribution in [3.05, 3.63) is 46.0 Å². The highest BCUT2D eigenvalue weighted by atomic mass is 35.5. The summed E-state index contributed by atoms with van der Waals surface area (Å²) < 4.78 is 0. The monoisotopic (exact) mass is 296 g/mol. The smallest absolute Gasteiger partial charge is 0.258 e. The summed E-state index contributed by atoms with van der Waals surface area (Å²) in [6.45, 7) is 1.84. The van der Waals surface area contributed by atoms with Crippen LogP contribution in [0.25, 0.3) is 0 Å². The van der Waals surface area contributed by atoms with Gasteiger partial charge in [0.2, 0.25) is 0 Å². The van der Waals surface area contributed by atoms with Gasteiger partial charge in [0, 0.05) is 6.20 Å². The third kappa shape index (κ3) is 3.13. The highest BCUT2D eigenvalue weighted by Gasteiger charge is 2.14. The molecule has 7 heteroatoms. The first kappa shape index (κ1) is 13.6. The molecule has 1 amide bonds. The molecule has 5 nitrogen and oxygen atoms in total. The average molecular weight is 297 g/mol. The first-order chi connectivity index (χ1) is 8.97. The number of hydrogen-bond donors (Lipinski definition) is 2. The van der Waals surface area contributed by atoms with Gasteiger partial charge in [-0.25, -0.2) is 9.97 Å². The average Bonchev–Trinajstić information content (AvgIpc) is 2.36. The van der Waals surface area contributed by atoms with Crippen molar-refractivity contribution in [3.8, 4) is 0 Å². The molecule has 0 aromatic carbocycles. The largest absolute Gasteiger partial charge is 0.397 e. The van der Waals surface area contributed by atoms with Crippen LogP contribution in [0.3, 0.4) is 0 Å². The van der Waals surface area contributed by atoms with Gasteiger partial charge in [-0.1, -0.05) is 23.2 Å². The molecule has 0 bridgehead atoms. The zero-order valence-electron chi connectivity index (χ0n) is 9.95. The van der Waals surface area contributed by atoms with E-state index in [9.17, 15) is 4.79 Å². The third-order valence-electron chi connectivity index (χ3n) is 2.33. The van der Waals surface area contributed by atoms with E-state index < -0.39 is 5.91 Å². The Labute approximate surface area is 119 Å². The molecule has 0 aliphatic rings. The van der Waals surface area contributed by atoms with E-state index in [-0.39, 0.29) is 15.9 Å². The third-order valence-corrected chi connectivity index (χ3v) is 2.93. The Morgan fingerprint density at radius 2 is 1.89 bits per heavy atom. The summed E-state index contributed by atoms with van der Waals surface area (Å²) in [5.41, 5.74) is 7.38. The van der Waals surface area contributed by atoms with Crippen molar-refractivity contribution in [2.24, 2.45) is 0 Å². The number of pyridine rings is 2. The van der Waals surface area contributed by atoms with Crippen LogP contribution < -0.4 is 11.1 Å². The van der Waals surface area contributed by atoms with Gasteiger partial charge in [-0.15, -0.1) is 0 Å². The van der Waals surface area contributed by atoms with E-state index in [2.05, 4.69) is 15.3 Å². The van der Waals surface area contributed by atoms with Crippen LogP contribution in [0.1, 0.15) is 15.9 Å². The number of aromatic nitrogens is 2. The van der Waals surface area contributed by atoms with Gasteiger partial charge in [-0.05, 0) is 24.6 Å². The summed E-state index contributed by atoms with van der Waals surface area (Å²) in [6, 6.07) is 3.16. The number of hydrogen-bond acceptors (Lipinski definition) is 4. The quantitative estimate of drug-likeness (QED) is 0.835. The normalized spacial score (nSPS) is 10.3. The first-order valence-corrected chi connectivity index (χ1v) is 6.07. The molecule has 0 aliphatic heterocycles. The minimum absolute atomic E-state index is 0.0726. The van der Waals surface area contributed by atoms with Gasteiger partial charge in [0.1, 0.15) is 5.15 Å². The second kappa shape index (κ2) is 5.42. The predicted molar refractivity (Wildman–Crippen MR) is 75.6 cm³/mol. The van der Waals surface area contributed by atoms with Crippen LogP contribution in [-0.2, 0) is 0 Å². The van der Waals surface area contributed by atoms with Gasteiger partial charge in [0.15, 0.2) is 5.15 Å². The van der Waals surface area contributed by atoms with E-state index in [1.54, 1.807) is 12.3 Å². The van der Waals surface area contributed by atoms with Crippen LogP contribution in [0.2, 0.25) is 10.3 Å². The topological polar surface area (TPSA) is 80.9 Å². The summed E-state index contributed by atoms with van der Waals surface area (Å²) >= 11 is 11.8. The molecule has 0 spiro atoms. The minimum atomic E-state index is -0.445. The maximum atomic E-state index is 12.1. The molecule has 0 fully saturated rings. The van der Waals surface area contributed by atoms with Crippen LogP contribution in [0.5, 0.6) is 0 Å². The zero-order chi connectivity index (χ0) is 14.0. The van der Waals surface area contributed by atoms with Gasteiger partial charge >= 0.3 is 0 Å². The Hall–Kier alpha value is -1.85. The molecule has 0 radical (unpaired) electrons. The Balaban J connectivity index is 2.30. The summed E-state index contributed by atoms with van der Waals surface area (Å²) in [4.78, 5) is 19.8. The van der Waals surface area contributed by atoms with Gasteiger partial charge < -0.3 is 11.1 Å². The van der Waals surface area contributed by atoms with Crippen molar-refractivity contribution in [3.63, 3.8) is 0 Å². The summed E-state index contributed by atoms with van der Waals surface area (Å²) in [5.74, 6) is -0.445. The number of carbonyl (C=O) groups is 1. The van der Waals surface area contributed by atoms with Crippen molar-refractivity contribution in [1.82, 2.24) is 9.97 Å². The molecule has 0 unspecified atom stereocenters. The summed E-state index contributed by atoms with van der Waals surface area (Å²) in [6.07, 6.45) is 2.98. The van der Waals surface area contributed by atoms with Crippen LogP contribution in [0, 0.1) is 6.92 Å². The number of aryl methyl sites for hydroxylation is 1. The molecule has 0 saturated carbocycles.